The smallest absolute Gasteiger partial charge is 0.227 e. The maximum Gasteiger partial charge on any atom is 0.227 e. The number of anilines is 1. The fraction of sp³-hybridized carbons (Fsp3) is 0.409. The Bertz CT molecular complexity index is 906. The van der Waals surface area contributed by atoms with Crippen molar-refractivity contribution in [1.82, 2.24) is 9.88 Å². The minimum Gasteiger partial charge on any atom is -0.338 e. The average Bonchev–Trinajstić information content (AvgIpc) is 2.92. The van der Waals surface area contributed by atoms with Gasteiger partial charge in [-0.25, -0.2) is 0 Å². The van der Waals surface area contributed by atoms with Crippen LogP contribution >= 0.6 is 0 Å². The molecule has 1 aromatic heterocycles. The van der Waals surface area contributed by atoms with E-state index >= 15 is 0 Å². The number of amides is 2. The molecule has 0 spiro atoms. The molecule has 2 aliphatic heterocycles. The highest BCUT2D eigenvalue weighted by atomic mass is 16.2. The van der Waals surface area contributed by atoms with E-state index in [-0.39, 0.29) is 11.8 Å². The molecule has 5 heteroatoms. The van der Waals surface area contributed by atoms with Gasteiger partial charge in [0.15, 0.2) is 0 Å². The molecule has 0 saturated carbocycles. The fourth-order valence-corrected chi connectivity index (χ4v) is 4.20. The van der Waals surface area contributed by atoms with Crippen molar-refractivity contribution >= 4 is 17.5 Å². The summed E-state index contributed by atoms with van der Waals surface area (Å²) in [6.07, 6.45) is 7.66. The van der Waals surface area contributed by atoms with Crippen LogP contribution < -0.4 is 4.90 Å². The van der Waals surface area contributed by atoms with Crippen LogP contribution in [0, 0.1) is 0 Å². The van der Waals surface area contributed by atoms with Gasteiger partial charge in [0.2, 0.25) is 11.8 Å². The predicted octanol–water partition coefficient (Wildman–Crippen LogP) is 3.34. The van der Waals surface area contributed by atoms with E-state index in [1.807, 2.05) is 37.3 Å². The van der Waals surface area contributed by atoms with Crippen LogP contribution in [0.2, 0.25) is 0 Å². The van der Waals surface area contributed by atoms with Crippen LogP contribution in [0.25, 0.3) is 11.1 Å². The molecule has 3 heterocycles. The van der Waals surface area contributed by atoms with Gasteiger partial charge in [-0.2, -0.15) is 0 Å². The molecule has 0 fully saturated rings. The highest BCUT2D eigenvalue weighted by Crippen LogP contribution is 2.34. The van der Waals surface area contributed by atoms with Gasteiger partial charge >= 0.3 is 0 Å². The Hall–Kier alpha value is -2.69. The van der Waals surface area contributed by atoms with Crippen LogP contribution in [0.5, 0.6) is 0 Å². The summed E-state index contributed by atoms with van der Waals surface area (Å²) in [5.74, 6) is 0.376. The number of benzene rings is 1. The first-order valence-electron chi connectivity index (χ1n) is 9.72. The number of hydrogen-bond acceptors (Lipinski definition) is 3. The van der Waals surface area contributed by atoms with E-state index in [4.69, 9.17) is 0 Å². The molecule has 0 N–H and O–H groups in total. The van der Waals surface area contributed by atoms with Gasteiger partial charge in [-0.1, -0.05) is 13.0 Å². The zero-order valence-electron chi connectivity index (χ0n) is 16.0. The Morgan fingerprint density at radius 3 is 2.81 bits per heavy atom. The summed E-state index contributed by atoms with van der Waals surface area (Å²) in [5, 5.41) is 0. The summed E-state index contributed by atoms with van der Waals surface area (Å²) >= 11 is 0. The van der Waals surface area contributed by atoms with Crippen molar-refractivity contribution < 1.29 is 9.59 Å². The van der Waals surface area contributed by atoms with Crippen LogP contribution in [-0.4, -0.2) is 35.3 Å². The molecular formula is C22H25N3O2. The molecule has 0 atom stereocenters. The quantitative estimate of drug-likeness (QED) is 0.822. The topological polar surface area (TPSA) is 53.5 Å². The van der Waals surface area contributed by atoms with E-state index in [0.29, 0.717) is 19.4 Å². The molecule has 2 amide bonds. The first-order chi connectivity index (χ1) is 13.1. The Morgan fingerprint density at radius 2 is 2.00 bits per heavy atom. The van der Waals surface area contributed by atoms with E-state index in [0.717, 1.165) is 48.2 Å². The lowest BCUT2D eigenvalue weighted by Crippen LogP contribution is -2.31. The highest BCUT2D eigenvalue weighted by Gasteiger charge is 2.23. The van der Waals surface area contributed by atoms with Gasteiger partial charge < -0.3 is 9.80 Å². The van der Waals surface area contributed by atoms with Crippen molar-refractivity contribution in [3.05, 3.63) is 47.3 Å². The van der Waals surface area contributed by atoms with Crippen LogP contribution in [0.4, 0.5) is 5.69 Å². The van der Waals surface area contributed by atoms with Gasteiger partial charge in [-0.3, -0.25) is 14.6 Å². The molecule has 2 aliphatic rings. The summed E-state index contributed by atoms with van der Waals surface area (Å²) in [4.78, 5) is 32.3. The molecule has 0 radical (unpaired) electrons. The third-order valence-electron chi connectivity index (χ3n) is 5.75. The lowest BCUT2D eigenvalue weighted by atomic mass is 9.92. The minimum absolute atomic E-state index is 0.172. The zero-order chi connectivity index (χ0) is 19.0. The molecule has 1 aromatic carbocycles. The van der Waals surface area contributed by atoms with Crippen LogP contribution in [0.3, 0.4) is 0 Å². The Kier molecular flexibility index (Phi) is 4.68. The second kappa shape index (κ2) is 7.14. The number of pyridine rings is 1. The zero-order valence-corrected chi connectivity index (χ0v) is 16.0. The van der Waals surface area contributed by atoms with Gasteiger partial charge in [0.25, 0.3) is 0 Å². The Balaban J connectivity index is 1.72. The van der Waals surface area contributed by atoms with Crippen molar-refractivity contribution in [2.45, 2.75) is 45.6 Å². The number of carbonyl (C=O) groups excluding carboxylic acids is 2. The van der Waals surface area contributed by atoms with Gasteiger partial charge in [-0.15, -0.1) is 0 Å². The second-order valence-electron chi connectivity index (χ2n) is 7.39. The number of rotatable bonds is 2. The minimum atomic E-state index is 0.172. The predicted molar refractivity (Wildman–Crippen MR) is 105 cm³/mol. The van der Waals surface area contributed by atoms with Crippen molar-refractivity contribution in [3.8, 4) is 11.1 Å². The maximum absolute atomic E-state index is 12.2. The van der Waals surface area contributed by atoms with E-state index in [9.17, 15) is 9.59 Å². The lowest BCUT2D eigenvalue weighted by Gasteiger charge is -2.26. The summed E-state index contributed by atoms with van der Waals surface area (Å²) in [5.41, 5.74) is 6.97. The number of nitrogens with zero attached hydrogens (tertiary/aromatic N) is 3. The van der Waals surface area contributed by atoms with Crippen molar-refractivity contribution in [1.29, 1.82) is 0 Å². The molecule has 4 rings (SSSR count). The van der Waals surface area contributed by atoms with E-state index in [1.54, 1.807) is 4.90 Å². The average molecular weight is 363 g/mol. The largest absolute Gasteiger partial charge is 0.338 e. The molecule has 27 heavy (non-hydrogen) atoms. The van der Waals surface area contributed by atoms with Crippen LogP contribution in [-0.2, 0) is 29.0 Å². The maximum atomic E-state index is 12.2. The molecular weight excluding hydrogens is 338 g/mol. The molecule has 140 valence electrons. The van der Waals surface area contributed by atoms with Gasteiger partial charge in [0, 0.05) is 56.6 Å². The highest BCUT2D eigenvalue weighted by molar-refractivity contribution is 5.96. The second-order valence-corrected chi connectivity index (χ2v) is 7.39. The standard InChI is InChI=1S/C22H25N3O2/c1-3-21(26)25-10-4-5-18-17(14-25)12-23-13-19(18)15-6-8-20-16(11-15)7-9-22(27)24(20)2/h6,8,11-13H,3-5,7,9-10,14H2,1-2H3. The summed E-state index contributed by atoms with van der Waals surface area (Å²) < 4.78 is 0. The number of aromatic nitrogens is 1. The SMILES string of the molecule is CCC(=O)N1CCCc2c(cncc2-c2ccc3c(c2)CCC(=O)N3C)C1. The summed E-state index contributed by atoms with van der Waals surface area (Å²) in [6.45, 7) is 3.36. The molecule has 0 bridgehead atoms. The molecule has 0 unspecified atom stereocenters. The summed E-state index contributed by atoms with van der Waals surface area (Å²) in [6, 6.07) is 6.34. The Morgan fingerprint density at radius 1 is 1.15 bits per heavy atom. The normalized spacial score (nSPS) is 16.6. The van der Waals surface area contributed by atoms with Gasteiger partial charge in [-0.05, 0) is 53.6 Å². The fourth-order valence-electron chi connectivity index (χ4n) is 4.20. The van der Waals surface area contributed by atoms with Crippen LogP contribution in [0.1, 0.15) is 42.9 Å². The Labute approximate surface area is 160 Å². The molecule has 0 aliphatic carbocycles. The summed E-state index contributed by atoms with van der Waals surface area (Å²) in [7, 11) is 1.84. The van der Waals surface area contributed by atoms with Crippen molar-refractivity contribution in [2.24, 2.45) is 0 Å². The first-order valence-corrected chi connectivity index (χ1v) is 9.72. The van der Waals surface area contributed by atoms with Gasteiger partial charge in [0.05, 0.1) is 0 Å². The van der Waals surface area contributed by atoms with Gasteiger partial charge in [0.1, 0.15) is 0 Å². The third kappa shape index (κ3) is 3.22. The van der Waals surface area contributed by atoms with E-state index in [1.165, 1.54) is 11.1 Å². The van der Waals surface area contributed by atoms with Crippen molar-refractivity contribution in [2.75, 3.05) is 18.5 Å². The van der Waals surface area contributed by atoms with E-state index in [2.05, 4.69) is 17.1 Å². The van der Waals surface area contributed by atoms with Crippen LogP contribution in [0.15, 0.2) is 30.6 Å². The molecule has 2 aromatic rings. The lowest BCUT2D eigenvalue weighted by molar-refractivity contribution is -0.131. The molecule has 5 nitrogen and oxygen atoms in total. The third-order valence-corrected chi connectivity index (χ3v) is 5.75. The monoisotopic (exact) mass is 363 g/mol. The number of hydrogen-bond donors (Lipinski definition) is 0. The number of aryl methyl sites for hydroxylation is 1. The number of fused-ring (bicyclic) bond motifs is 2. The number of carbonyl (C=O) groups is 2. The first kappa shape index (κ1) is 17.7. The molecule has 0 saturated heterocycles. The van der Waals surface area contributed by atoms with Crippen molar-refractivity contribution in [3.63, 3.8) is 0 Å². The van der Waals surface area contributed by atoms with E-state index < -0.39 is 0 Å².